The molecule has 2 unspecified atom stereocenters. The fraction of sp³-hybridized carbons (Fsp3) is 1.00. The number of nitrogens with one attached hydrogen (secondary N) is 1. The van der Waals surface area contributed by atoms with E-state index in [1.165, 1.54) is 0 Å². The van der Waals surface area contributed by atoms with Crippen molar-refractivity contribution >= 4 is 22.7 Å². The van der Waals surface area contributed by atoms with Crippen molar-refractivity contribution in [3.63, 3.8) is 0 Å². The van der Waals surface area contributed by atoms with Gasteiger partial charge in [-0.15, -0.1) is 0 Å². The molecule has 0 spiro atoms. The number of methoxy groups -OCH3 is 2. The summed E-state index contributed by atoms with van der Waals surface area (Å²) >= 11 is 1.79. The van der Waals surface area contributed by atoms with E-state index in [0.29, 0.717) is 17.6 Å². The van der Waals surface area contributed by atoms with Crippen LogP contribution in [0.4, 0.5) is 0 Å². The molecule has 0 aliphatic carbocycles. The van der Waals surface area contributed by atoms with Crippen LogP contribution in [-0.2, 0) is 20.5 Å². The van der Waals surface area contributed by atoms with Crippen molar-refractivity contribution < 1.29 is 13.7 Å². The summed E-state index contributed by atoms with van der Waals surface area (Å²) < 4.78 is 24.1. The summed E-state index contributed by atoms with van der Waals surface area (Å²) in [6.07, 6.45) is 1.02. The Labute approximate surface area is 99.1 Å². The number of rotatable bonds is 10. The van der Waals surface area contributed by atoms with Crippen molar-refractivity contribution in [3.05, 3.63) is 0 Å². The van der Waals surface area contributed by atoms with Gasteiger partial charge in [-0.05, 0) is 19.2 Å². The van der Waals surface area contributed by atoms with Crippen LogP contribution in [0.1, 0.15) is 6.42 Å². The van der Waals surface area contributed by atoms with Gasteiger partial charge >= 0.3 is 0 Å². The van der Waals surface area contributed by atoms with Gasteiger partial charge in [0.15, 0.2) is 0 Å². The molecule has 0 aromatic heterocycles. The molecule has 0 amide bonds. The molecule has 6 heteroatoms. The molecule has 1 N–H and O–H groups in total. The minimum atomic E-state index is -0.948. The van der Waals surface area contributed by atoms with Crippen LogP contribution >= 0.6 is 11.8 Å². The number of thioether (sulfide) groups is 1. The first-order valence-electron chi connectivity index (χ1n) is 4.89. The van der Waals surface area contributed by atoms with E-state index < -0.39 is 11.0 Å². The van der Waals surface area contributed by atoms with E-state index in [0.717, 1.165) is 18.8 Å². The van der Waals surface area contributed by atoms with Crippen molar-refractivity contribution in [2.45, 2.75) is 11.7 Å². The number of hydrogen-bond acceptors (Lipinski definition) is 4. The predicted molar refractivity (Wildman–Crippen MR) is 66.7 cm³/mol. The van der Waals surface area contributed by atoms with Gasteiger partial charge in [-0.1, -0.05) is 0 Å². The maximum Gasteiger partial charge on any atom is 0.0924 e. The Hall–Kier alpha value is 0.380. The Bertz CT molecular complexity index is 169. The first-order chi connectivity index (χ1) is 7.24. The molecule has 0 aliphatic rings. The molecule has 4 nitrogen and oxygen atoms in total. The third-order valence-corrected chi connectivity index (χ3v) is 4.43. The minimum absolute atomic E-state index is 0.292. The highest BCUT2D eigenvalue weighted by Crippen LogP contribution is 2.13. The second kappa shape index (κ2) is 10.9. The average Bonchev–Trinajstić information content (AvgIpc) is 2.24. The predicted octanol–water partition coefficient (Wildman–Crippen LogP) is 0.654. The second-order valence-corrected chi connectivity index (χ2v) is 5.85. The smallest absolute Gasteiger partial charge is 0.0924 e. The van der Waals surface area contributed by atoms with Crippen LogP contribution in [0.15, 0.2) is 0 Å². The van der Waals surface area contributed by atoms with Crippen molar-refractivity contribution in [2.24, 2.45) is 0 Å². The van der Waals surface area contributed by atoms with Crippen LogP contribution in [0.25, 0.3) is 0 Å². The largest absolute Gasteiger partial charge is 0.385 e. The monoisotopic (exact) mass is 255 g/mol. The molecule has 0 aromatic rings. The Kier molecular flexibility index (Phi) is 11.2. The van der Waals surface area contributed by atoms with E-state index in [1.807, 2.05) is 0 Å². The summed E-state index contributed by atoms with van der Waals surface area (Å²) in [4.78, 5) is 0. The van der Waals surface area contributed by atoms with Gasteiger partial charge in [-0.3, -0.25) is 0 Å². The zero-order valence-corrected chi connectivity index (χ0v) is 11.3. The maximum atomic E-state index is 11.3. The van der Waals surface area contributed by atoms with Crippen LogP contribution in [0, 0.1) is 0 Å². The lowest BCUT2D eigenvalue weighted by Gasteiger charge is -2.14. The van der Waals surface area contributed by atoms with Crippen molar-refractivity contribution in [2.75, 3.05) is 46.0 Å². The van der Waals surface area contributed by atoms with Gasteiger partial charge in [0.2, 0.25) is 0 Å². The highest BCUT2D eigenvalue weighted by Gasteiger charge is 2.12. The summed E-state index contributed by atoms with van der Waals surface area (Å²) in [5.74, 6) is 1.64. The van der Waals surface area contributed by atoms with Gasteiger partial charge in [-0.25, -0.2) is 8.93 Å². The second-order valence-electron chi connectivity index (χ2n) is 3.01. The van der Waals surface area contributed by atoms with Gasteiger partial charge in [-0.2, -0.15) is 11.8 Å². The summed E-state index contributed by atoms with van der Waals surface area (Å²) in [6.45, 7) is 1.42. The van der Waals surface area contributed by atoms with Crippen LogP contribution in [0.5, 0.6) is 0 Å². The van der Waals surface area contributed by atoms with E-state index in [-0.39, 0.29) is 0 Å². The third-order valence-electron chi connectivity index (χ3n) is 1.76. The Morgan fingerprint density at radius 2 is 2.13 bits per heavy atom. The molecule has 2 atom stereocenters. The van der Waals surface area contributed by atoms with Crippen LogP contribution in [0.3, 0.4) is 0 Å². The van der Waals surface area contributed by atoms with Crippen LogP contribution in [-0.4, -0.2) is 55.4 Å². The van der Waals surface area contributed by atoms with E-state index >= 15 is 0 Å². The Balaban J connectivity index is 3.67. The molecule has 0 aliphatic heterocycles. The van der Waals surface area contributed by atoms with Gasteiger partial charge in [0.1, 0.15) is 0 Å². The third kappa shape index (κ3) is 9.32. The van der Waals surface area contributed by atoms with Gasteiger partial charge in [0, 0.05) is 26.1 Å². The van der Waals surface area contributed by atoms with Gasteiger partial charge in [0.25, 0.3) is 0 Å². The first kappa shape index (κ1) is 15.4. The fourth-order valence-electron chi connectivity index (χ4n) is 1.04. The average molecular weight is 255 g/mol. The molecule has 0 aromatic carbocycles. The molecule has 0 saturated heterocycles. The lowest BCUT2D eigenvalue weighted by molar-refractivity contribution is 0.199. The number of ether oxygens (including phenoxy) is 2. The Morgan fingerprint density at radius 3 is 2.67 bits per heavy atom. The molecular weight excluding hydrogens is 234 g/mol. The molecule has 0 bridgehead atoms. The minimum Gasteiger partial charge on any atom is -0.385 e. The summed E-state index contributed by atoms with van der Waals surface area (Å²) in [7, 11) is 4.13. The van der Waals surface area contributed by atoms with Gasteiger partial charge in [0.05, 0.1) is 23.3 Å². The first-order valence-corrected chi connectivity index (χ1v) is 7.26. The lowest BCUT2D eigenvalue weighted by Crippen LogP contribution is -2.25. The molecule has 0 rings (SSSR count). The number of hydrogen-bond donors (Lipinski definition) is 1. The summed E-state index contributed by atoms with van der Waals surface area (Å²) in [5, 5.41) is 0.292. The SMILES string of the molecule is CNS(=O)CC(COC)SCCCOC. The normalized spacial score (nSPS) is 15.1. The molecule has 15 heavy (non-hydrogen) atoms. The molecule has 0 fully saturated rings. The van der Waals surface area contributed by atoms with Crippen molar-refractivity contribution in [1.29, 1.82) is 0 Å². The quantitative estimate of drug-likeness (QED) is 0.582. The molecule has 0 radical (unpaired) electrons. The van der Waals surface area contributed by atoms with Gasteiger partial charge < -0.3 is 9.47 Å². The molecular formula is C9H21NO3S2. The van der Waals surface area contributed by atoms with Crippen LogP contribution < -0.4 is 4.72 Å². The standard InChI is InChI=1S/C9H21NO3S2/c1-10-15(11)8-9(7-13-3)14-6-4-5-12-2/h9-10H,4-8H2,1-3H3. The zero-order valence-electron chi connectivity index (χ0n) is 9.65. The molecule has 0 saturated carbocycles. The Morgan fingerprint density at radius 1 is 1.40 bits per heavy atom. The van der Waals surface area contributed by atoms with E-state index in [1.54, 1.807) is 33.0 Å². The van der Waals surface area contributed by atoms with E-state index in [4.69, 9.17) is 9.47 Å². The zero-order chi connectivity index (χ0) is 11.5. The maximum absolute atomic E-state index is 11.3. The highest BCUT2D eigenvalue weighted by atomic mass is 32.2. The van der Waals surface area contributed by atoms with Crippen molar-refractivity contribution in [3.8, 4) is 0 Å². The van der Waals surface area contributed by atoms with Crippen LogP contribution in [0.2, 0.25) is 0 Å². The summed E-state index contributed by atoms with van der Waals surface area (Å²) in [5.41, 5.74) is 0. The topological polar surface area (TPSA) is 47.6 Å². The lowest BCUT2D eigenvalue weighted by atomic mass is 10.5. The molecule has 0 heterocycles. The highest BCUT2D eigenvalue weighted by molar-refractivity contribution is 8.00. The van der Waals surface area contributed by atoms with E-state index in [2.05, 4.69) is 4.72 Å². The van der Waals surface area contributed by atoms with Crippen molar-refractivity contribution in [1.82, 2.24) is 4.72 Å². The summed E-state index contributed by atoms with van der Waals surface area (Å²) in [6, 6.07) is 0. The fourth-order valence-corrected chi connectivity index (χ4v) is 3.24. The molecule has 92 valence electrons. The van der Waals surface area contributed by atoms with E-state index in [9.17, 15) is 4.21 Å².